The van der Waals surface area contributed by atoms with Crippen molar-refractivity contribution in [1.82, 2.24) is 15.2 Å². The molecule has 2 aromatic carbocycles. The quantitative estimate of drug-likeness (QED) is 0.739. The lowest BCUT2D eigenvalue weighted by Gasteiger charge is -2.35. The second kappa shape index (κ2) is 8.21. The molecule has 0 aliphatic carbocycles. The molecule has 3 aromatic rings. The highest BCUT2D eigenvalue weighted by Gasteiger charge is 2.21. The summed E-state index contributed by atoms with van der Waals surface area (Å²) in [4.78, 5) is 22.5. The molecular weight excluding hydrogens is 360 g/mol. The largest absolute Gasteiger partial charge is 0.368 e. The highest BCUT2D eigenvalue weighted by atomic mass is 16.1. The minimum atomic E-state index is -0.137. The summed E-state index contributed by atoms with van der Waals surface area (Å²) >= 11 is 0. The van der Waals surface area contributed by atoms with Gasteiger partial charge in [0, 0.05) is 37.3 Å². The maximum absolute atomic E-state index is 13.1. The van der Waals surface area contributed by atoms with Gasteiger partial charge in [0.1, 0.15) is 5.69 Å². The topological polar surface area (TPSA) is 48.5 Å². The molecule has 1 aliphatic rings. The number of hydrogen-bond donors (Lipinski definition) is 1. The number of fused-ring (bicyclic) bond motifs is 1. The van der Waals surface area contributed by atoms with Gasteiger partial charge >= 0.3 is 0 Å². The number of hydrogen-bond acceptors (Lipinski definition) is 4. The van der Waals surface area contributed by atoms with E-state index in [0.717, 1.165) is 53.9 Å². The molecule has 1 aromatic heterocycles. The van der Waals surface area contributed by atoms with E-state index in [0.29, 0.717) is 5.69 Å². The zero-order valence-corrected chi connectivity index (χ0v) is 17.4. The maximum atomic E-state index is 13.1. The average molecular weight is 389 g/mol. The second-order valence-electron chi connectivity index (χ2n) is 7.89. The first-order chi connectivity index (χ1) is 14.0. The molecule has 0 bridgehead atoms. The third kappa shape index (κ3) is 4.10. The van der Waals surface area contributed by atoms with Crippen LogP contribution in [0, 0.1) is 6.92 Å². The predicted molar refractivity (Wildman–Crippen MR) is 119 cm³/mol. The second-order valence-corrected chi connectivity index (χ2v) is 7.89. The Labute approximate surface area is 172 Å². The van der Waals surface area contributed by atoms with Gasteiger partial charge in [0.15, 0.2) is 0 Å². The molecule has 150 valence electrons. The van der Waals surface area contributed by atoms with Crippen molar-refractivity contribution in [3.05, 3.63) is 71.4 Å². The molecular formula is C24H28N4O. The summed E-state index contributed by atoms with van der Waals surface area (Å²) in [6.45, 7) is 7.98. The summed E-state index contributed by atoms with van der Waals surface area (Å²) < 4.78 is 0. The minimum Gasteiger partial charge on any atom is -0.368 e. The summed E-state index contributed by atoms with van der Waals surface area (Å²) in [5.74, 6) is -0.137. The smallest absolute Gasteiger partial charge is 0.270 e. The van der Waals surface area contributed by atoms with Crippen molar-refractivity contribution in [3.63, 3.8) is 0 Å². The number of likely N-dealkylation sites (N-methyl/N-ethyl adjacent to an activating group) is 1. The molecule has 0 radical (unpaired) electrons. The zero-order chi connectivity index (χ0) is 20.4. The summed E-state index contributed by atoms with van der Waals surface area (Å²) in [5, 5.41) is 4.22. The van der Waals surface area contributed by atoms with Gasteiger partial charge in [-0.1, -0.05) is 48.5 Å². The lowest BCUT2D eigenvalue weighted by Crippen LogP contribution is -2.44. The van der Waals surface area contributed by atoms with Crippen LogP contribution in [0.4, 0.5) is 5.69 Å². The van der Waals surface area contributed by atoms with Crippen molar-refractivity contribution in [2.24, 2.45) is 0 Å². The molecule has 4 rings (SSSR count). The van der Waals surface area contributed by atoms with E-state index in [9.17, 15) is 4.79 Å². The minimum absolute atomic E-state index is 0.0786. The van der Waals surface area contributed by atoms with Gasteiger partial charge in [-0.25, -0.2) is 4.98 Å². The Balaban J connectivity index is 1.69. The number of aryl methyl sites for hydroxylation is 1. The normalized spacial score (nSPS) is 16.0. The first kappa shape index (κ1) is 19.4. The van der Waals surface area contributed by atoms with Crippen molar-refractivity contribution in [2.45, 2.75) is 19.9 Å². The van der Waals surface area contributed by atoms with Crippen molar-refractivity contribution >= 4 is 22.5 Å². The molecule has 1 aliphatic heterocycles. The predicted octanol–water partition coefficient (Wildman–Crippen LogP) is 3.79. The van der Waals surface area contributed by atoms with Gasteiger partial charge in [0.25, 0.3) is 5.91 Å². The number of piperazine rings is 1. The van der Waals surface area contributed by atoms with E-state index in [1.54, 1.807) is 0 Å². The number of nitrogens with one attached hydrogen (secondary N) is 1. The fraction of sp³-hybridized carbons (Fsp3) is 0.333. The highest BCUT2D eigenvalue weighted by molar-refractivity contribution is 6.01. The fourth-order valence-corrected chi connectivity index (χ4v) is 3.89. The number of carbonyl (C=O) groups excluding carboxylic acids is 1. The van der Waals surface area contributed by atoms with Gasteiger partial charge in [-0.2, -0.15) is 0 Å². The number of nitrogens with zero attached hydrogens (tertiary/aromatic N) is 3. The molecule has 1 saturated heterocycles. The Morgan fingerprint density at radius 1 is 1.03 bits per heavy atom. The van der Waals surface area contributed by atoms with Gasteiger partial charge < -0.3 is 15.1 Å². The number of para-hydroxylation sites is 1. The van der Waals surface area contributed by atoms with Gasteiger partial charge in [0.05, 0.1) is 11.6 Å². The van der Waals surface area contributed by atoms with Crippen LogP contribution in [0.3, 0.4) is 0 Å². The van der Waals surface area contributed by atoms with Crippen LogP contribution < -0.4 is 10.2 Å². The van der Waals surface area contributed by atoms with Crippen LogP contribution in [-0.2, 0) is 0 Å². The summed E-state index contributed by atoms with van der Waals surface area (Å²) in [6.07, 6.45) is 0. The third-order valence-electron chi connectivity index (χ3n) is 5.74. The van der Waals surface area contributed by atoms with Crippen LogP contribution in [0.5, 0.6) is 0 Å². The Morgan fingerprint density at radius 2 is 1.76 bits per heavy atom. The van der Waals surface area contributed by atoms with Crippen molar-refractivity contribution in [1.29, 1.82) is 0 Å². The summed E-state index contributed by atoms with van der Waals surface area (Å²) in [5.41, 5.74) is 4.65. The Kier molecular flexibility index (Phi) is 5.49. The summed E-state index contributed by atoms with van der Waals surface area (Å²) in [6, 6.07) is 18.1. The lowest BCUT2D eigenvalue weighted by atomic mass is 10.1. The molecule has 5 nitrogen and oxygen atoms in total. The first-order valence-electron chi connectivity index (χ1n) is 10.2. The molecule has 0 saturated carbocycles. The van der Waals surface area contributed by atoms with Crippen LogP contribution in [-0.4, -0.2) is 49.0 Å². The molecule has 0 spiro atoms. The van der Waals surface area contributed by atoms with Crippen molar-refractivity contribution in [3.8, 4) is 0 Å². The molecule has 5 heteroatoms. The number of rotatable bonds is 4. The van der Waals surface area contributed by atoms with Crippen LogP contribution in [0.15, 0.2) is 54.6 Å². The molecule has 2 heterocycles. The zero-order valence-electron chi connectivity index (χ0n) is 17.4. The molecule has 29 heavy (non-hydrogen) atoms. The van der Waals surface area contributed by atoms with E-state index in [4.69, 9.17) is 4.98 Å². The van der Waals surface area contributed by atoms with E-state index >= 15 is 0 Å². The number of pyridine rings is 1. The van der Waals surface area contributed by atoms with Crippen molar-refractivity contribution in [2.75, 3.05) is 38.1 Å². The van der Waals surface area contributed by atoms with E-state index in [-0.39, 0.29) is 11.9 Å². The number of aromatic nitrogens is 1. The van der Waals surface area contributed by atoms with Crippen LogP contribution in [0.2, 0.25) is 0 Å². The third-order valence-corrected chi connectivity index (χ3v) is 5.74. The highest BCUT2D eigenvalue weighted by Crippen LogP contribution is 2.29. The Bertz CT molecular complexity index is 1010. The monoisotopic (exact) mass is 388 g/mol. The molecule has 1 unspecified atom stereocenters. The SMILES string of the molecule is Cc1cccc2c(N3CCN(C)CC3)cc(C(=O)NC(C)c3ccccc3)nc12. The number of benzene rings is 2. The van der Waals surface area contributed by atoms with Gasteiger partial charge in [-0.15, -0.1) is 0 Å². The van der Waals surface area contributed by atoms with Gasteiger partial charge in [-0.3, -0.25) is 4.79 Å². The van der Waals surface area contributed by atoms with Crippen LogP contribution in [0.25, 0.3) is 10.9 Å². The fourth-order valence-electron chi connectivity index (χ4n) is 3.89. The Morgan fingerprint density at radius 3 is 2.48 bits per heavy atom. The Hall–Kier alpha value is -2.92. The van der Waals surface area contributed by atoms with Gasteiger partial charge in [-0.05, 0) is 38.1 Å². The maximum Gasteiger partial charge on any atom is 0.270 e. The van der Waals surface area contributed by atoms with Crippen molar-refractivity contribution < 1.29 is 4.79 Å². The molecule has 1 N–H and O–H groups in total. The van der Waals surface area contributed by atoms with E-state index in [1.807, 2.05) is 43.3 Å². The number of carbonyl (C=O) groups is 1. The summed E-state index contributed by atoms with van der Waals surface area (Å²) in [7, 11) is 2.15. The van der Waals surface area contributed by atoms with E-state index in [2.05, 4.69) is 47.3 Å². The standard InChI is InChI=1S/C24H28N4O/c1-17-8-7-11-20-22(28-14-12-27(3)13-15-28)16-21(26-23(17)20)24(29)25-18(2)19-9-5-4-6-10-19/h4-11,16,18H,12-15H2,1-3H3,(H,25,29). The molecule has 1 amide bonds. The van der Waals surface area contributed by atoms with E-state index in [1.165, 1.54) is 0 Å². The number of amides is 1. The molecule has 1 atom stereocenters. The van der Waals surface area contributed by atoms with E-state index < -0.39 is 0 Å². The number of anilines is 1. The lowest BCUT2D eigenvalue weighted by molar-refractivity contribution is 0.0935. The van der Waals surface area contributed by atoms with Crippen LogP contribution >= 0.6 is 0 Å². The van der Waals surface area contributed by atoms with Gasteiger partial charge in [0.2, 0.25) is 0 Å². The molecule has 1 fully saturated rings. The van der Waals surface area contributed by atoms with Crippen LogP contribution in [0.1, 0.15) is 34.6 Å². The average Bonchev–Trinajstić information content (AvgIpc) is 2.74. The first-order valence-corrected chi connectivity index (χ1v) is 10.2.